The first-order valence-electron chi connectivity index (χ1n) is 12.3. The Labute approximate surface area is 240 Å². The van der Waals surface area contributed by atoms with Gasteiger partial charge in [-0.3, -0.25) is 4.79 Å². The summed E-state index contributed by atoms with van der Waals surface area (Å²) in [6.07, 6.45) is 1.54. The molecular weight excluding hydrogens is 577 g/mol. The van der Waals surface area contributed by atoms with Crippen LogP contribution in [0.3, 0.4) is 0 Å². The second kappa shape index (κ2) is 11.9. The fraction of sp³-hybridized carbons (Fsp3) is 0.185. The van der Waals surface area contributed by atoms with Crippen LogP contribution < -0.4 is 11.3 Å². The van der Waals surface area contributed by atoms with E-state index in [1.165, 1.54) is 39.4 Å². The molecule has 212 valence electrons. The van der Waals surface area contributed by atoms with Gasteiger partial charge < -0.3 is 19.4 Å². The molecule has 5 aromatic rings. The van der Waals surface area contributed by atoms with Crippen molar-refractivity contribution in [3.8, 4) is 22.4 Å². The number of hydrogen-bond donors (Lipinski definition) is 3. The predicted molar refractivity (Wildman–Crippen MR) is 153 cm³/mol. The molecule has 3 heterocycles. The monoisotopic (exact) mass is 600 g/mol. The van der Waals surface area contributed by atoms with Crippen LogP contribution in [0.15, 0.2) is 65.6 Å². The van der Waals surface area contributed by atoms with Gasteiger partial charge in [0.25, 0.3) is 5.56 Å². The topological polar surface area (TPSA) is 132 Å². The molecule has 0 fully saturated rings. The van der Waals surface area contributed by atoms with Gasteiger partial charge in [-0.2, -0.15) is 4.52 Å². The van der Waals surface area contributed by atoms with E-state index in [2.05, 4.69) is 15.1 Å². The van der Waals surface area contributed by atoms with E-state index in [-0.39, 0.29) is 52.6 Å². The van der Waals surface area contributed by atoms with E-state index in [9.17, 15) is 27.1 Å². The van der Waals surface area contributed by atoms with Crippen LogP contribution in [0.5, 0.6) is 0 Å². The number of pyridine rings is 1. The van der Waals surface area contributed by atoms with Crippen LogP contribution in [0.25, 0.3) is 28.0 Å². The molecule has 0 spiro atoms. The number of fused-ring (bicyclic) bond motifs is 1. The third-order valence-corrected chi connectivity index (χ3v) is 7.93. The molecule has 9 nitrogen and oxygen atoms in total. The van der Waals surface area contributed by atoms with Crippen molar-refractivity contribution in [1.82, 2.24) is 24.1 Å². The maximum Gasteiger partial charge on any atom is 0.258 e. The molecule has 0 saturated carbocycles. The Morgan fingerprint density at radius 2 is 1.66 bits per heavy atom. The van der Waals surface area contributed by atoms with Crippen molar-refractivity contribution < 1.29 is 22.3 Å². The van der Waals surface area contributed by atoms with Crippen LogP contribution >= 0.6 is 24.1 Å². The van der Waals surface area contributed by atoms with Crippen LogP contribution in [0, 0.1) is 17.5 Å². The number of nitrogens with zero attached hydrogens (tertiary/aromatic N) is 5. The maximum atomic E-state index is 14.4. The highest BCUT2D eigenvalue weighted by Gasteiger charge is 2.25. The number of rotatable bonds is 9. The molecule has 1 atom stereocenters. The third-order valence-electron chi connectivity index (χ3n) is 6.56. The van der Waals surface area contributed by atoms with Gasteiger partial charge in [-0.15, -0.1) is 5.10 Å². The summed E-state index contributed by atoms with van der Waals surface area (Å²) < 4.78 is 63.5. The van der Waals surface area contributed by atoms with Gasteiger partial charge >= 0.3 is 0 Å². The van der Waals surface area contributed by atoms with Crippen LogP contribution in [-0.4, -0.2) is 37.8 Å². The van der Waals surface area contributed by atoms with Gasteiger partial charge in [0, 0.05) is 53.9 Å². The fourth-order valence-corrected chi connectivity index (χ4v) is 5.43. The van der Waals surface area contributed by atoms with Gasteiger partial charge in [-0.05, 0) is 61.9 Å². The fourth-order valence-electron chi connectivity index (χ4n) is 4.54. The zero-order valence-electron chi connectivity index (χ0n) is 21.4. The molecule has 14 heteroatoms. The normalized spacial score (nSPS) is 12.4. The number of hydrogen-bond acceptors (Lipinski definition) is 9. The van der Waals surface area contributed by atoms with Crippen molar-refractivity contribution in [2.24, 2.45) is 0 Å². The van der Waals surface area contributed by atoms with E-state index < -0.39 is 33.6 Å². The number of anilines is 1. The number of nitrogens with two attached hydrogens (primary N) is 1. The first-order chi connectivity index (χ1) is 19.7. The zero-order valence-corrected chi connectivity index (χ0v) is 23.0. The summed E-state index contributed by atoms with van der Waals surface area (Å²) in [5, 5.41) is 4.33. The lowest BCUT2D eigenvalue weighted by atomic mass is 10.0. The maximum absolute atomic E-state index is 14.4. The average Bonchev–Trinajstić information content (AvgIpc) is 3.39. The van der Waals surface area contributed by atoms with Gasteiger partial charge in [0.1, 0.15) is 22.0 Å². The third kappa shape index (κ3) is 5.68. The Morgan fingerprint density at radius 3 is 2.32 bits per heavy atom. The molecule has 0 aliphatic rings. The number of aromatic nitrogens is 5. The molecule has 0 aliphatic carbocycles. The first kappa shape index (κ1) is 28.7. The van der Waals surface area contributed by atoms with Gasteiger partial charge in [-0.1, -0.05) is 6.07 Å². The minimum atomic E-state index is -0.762. The van der Waals surface area contributed by atoms with E-state index >= 15 is 0 Å². The van der Waals surface area contributed by atoms with Gasteiger partial charge in [0.05, 0.1) is 16.8 Å². The second-order valence-corrected chi connectivity index (χ2v) is 11.1. The van der Waals surface area contributed by atoms with Crippen molar-refractivity contribution in [2.75, 3.05) is 5.73 Å². The van der Waals surface area contributed by atoms with E-state index in [1.807, 2.05) is 0 Å². The number of nitrogen functional groups attached to an aromatic ring is 1. The highest BCUT2D eigenvalue weighted by atomic mass is 32.2. The Hall–Kier alpha value is -3.85. The molecule has 4 N–H and O–H groups in total. The standard InChI is InChI=1S/C27H23F3N6O3S2/c1-14(12-22(40-38)41-39)35-11-3-4-17(26(35)37)23-24(15-7-9-16(28)10-8-15)33-27(31)36-25(23)32-21(34-36)13-18-19(29)5-2-6-20(18)30/h2-11,14,22,38-39H,12-13H2,1H3,(H2,31,33). The molecule has 0 radical (unpaired) electrons. The summed E-state index contributed by atoms with van der Waals surface area (Å²) in [5.74, 6) is -2.07. The second-order valence-electron chi connectivity index (χ2n) is 9.20. The summed E-state index contributed by atoms with van der Waals surface area (Å²) in [5.41, 5.74) is 6.73. The van der Waals surface area contributed by atoms with Crippen molar-refractivity contribution >= 4 is 35.7 Å². The summed E-state index contributed by atoms with van der Waals surface area (Å²) in [6.45, 7) is 1.76. The van der Waals surface area contributed by atoms with Crippen molar-refractivity contribution in [3.05, 3.63) is 100.0 Å². The van der Waals surface area contributed by atoms with Crippen molar-refractivity contribution in [1.29, 1.82) is 0 Å². The Kier molecular flexibility index (Phi) is 8.35. The predicted octanol–water partition coefficient (Wildman–Crippen LogP) is 5.90. The number of benzene rings is 2. The summed E-state index contributed by atoms with van der Waals surface area (Å²) in [7, 11) is 0. The summed E-state index contributed by atoms with van der Waals surface area (Å²) in [4.78, 5) is 22.9. The van der Waals surface area contributed by atoms with Crippen LogP contribution in [0.1, 0.15) is 30.8 Å². The van der Waals surface area contributed by atoms with Crippen LogP contribution in [0.2, 0.25) is 0 Å². The quantitative estimate of drug-likeness (QED) is 0.140. The van der Waals surface area contributed by atoms with Crippen molar-refractivity contribution in [2.45, 2.75) is 30.4 Å². The van der Waals surface area contributed by atoms with E-state index in [0.29, 0.717) is 29.6 Å². The molecular formula is C27H23F3N6O3S2. The molecule has 2 aromatic carbocycles. The SMILES string of the molecule is CC(CC(SO)SO)n1cccc(-c2c(-c3ccc(F)cc3)nc(N)n3nc(Cc4c(F)cccc4F)nc23)c1=O. The van der Waals surface area contributed by atoms with Gasteiger partial charge in [0.15, 0.2) is 11.5 Å². The molecule has 41 heavy (non-hydrogen) atoms. The Morgan fingerprint density at radius 1 is 0.976 bits per heavy atom. The Balaban J connectivity index is 1.73. The minimum Gasteiger partial charge on any atom is -0.368 e. The molecule has 0 saturated heterocycles. The van der Waals surface area contributed by atoms with E-state index in [0.717, 1.165) is 12.1 Å². The zero-order chi connectivity index (χ0) is 29.3. The van der Waals surface area contributed by atoms with E-state index in [1.54, 1.807) is 25.3 Å². The highest BCUT2D eigenvalue weighted by Crippen LogP contribution is 2.34. The smallest absolute Gasteiger partial charge is 0.258 e. The van der Waals surface area contributed by atoms with E-state index in [4.69, 9.17) is 5.73 Å². The van der Waals surface area contributed by atoms with Crippen LogP contribution in [0.4, 0.5) is 19.1 Å². The average molecular weight is 601 g/mol. The molecule has 0 aliphatic heterocycles. The lowest BCUT2D eigenvalue weighted by molar-refractivity contribution is 0.502. The molecule has 3 aromatic heterocycles. The molecule has 5 rings (SSSR count). The van der Waals surface area contributed by atoms with Crippen molar-refractivity contribution in [3.63, 3.8) is 0 Å². The van der Waals surface area contributed by atoms with Gasteiger partial charge in [0.2, 0.25) is 5.95 Å². The van der Waals surface area contributed by atoms with Gasteiger partial charge in [-0.25, -0.2) is 23.1 Å². The molecule has 0 bridgehead atoms. The molecule has 0 amide bonds. The largest absolute Gasteiger partial charge is 0.368 e. The minimum absolute atomic E-state index is 0.0346. The lowest BCUT2D eigenvalue weighted by Gasteiger charge is -2.19. The number of halogens is 3. The summed E-state index contributed by atoms with van der Waals surface area (Å²) in [6, 6.07) is 11.7. The van der Waals surface area contributed by atoms with Crippen LogP contribution in [-0.2, 0) is 6.42 Å². The summed E-state index contributed by atoms with van der Waals surface area (Å²) >= 11 is 0.954. The highest BCUT2D eigenvalue weighted by molar-refractivity contribution is 8.11. The molecule has 1 unspecified atom stereocenters. The Bertz CT molecular complexity index is 1760. The lowest BCUT2D eigenvalue weighted by Crippen LogP contribution is -2.26. The first-order valence-corrected chi connectivity index (χ1v) is 13.9.